The van der Waals surface area contributed by atoms with E-state index >= 15 is 0 Å². The van der Waals surface area contributed by atoms with Crippen LogP contribution in [0.1, 0.15) is 20.0 Å². The summed E-state index contributed by atoms with van der Waals surface area (Å²) in [5.74, 6) is -1.02. The highest BCUT2D eigenvalue weighted by Gasteiger charge is 2.12. The Kier molecular flexibility index (Phi) is 5.25. The second kappa shape index (κ2) is 7.58. The number of carbonyl (C=O) groups is 2. The van der Waals surface area contributed by atoms with Crippen LogP contribution in [0.15, 0.2) is 64.5 Å². The molecule has 2 N–H and O–H groups in total. The third-order valence-corrected chi connectivity index (χ3v) is 4.82. The van der Waals surface area contributed by atoms with Gasteiger partial charge in [0.05, 0.1) is 10.4 Å². The van der Waals surface area contributed by atoms with E-state index in [4.69, 9.17) is 0 Å². The molecule has 3 rings (SSSR count). The van der Waals surface area contributed by atoms with E-state index in [0.29, 0.717) is 26.3 Å². The number of rotatable bonds is 4. The van der Waals surface area contributed by atoms with Crippen LogP contribution < -0.4 is 10.6 Å². The summed E-state index contributed by atoms with van der Waals surface area (Å²) in [5.41, 5.74) is 1.40. The third kappa shape index (κ3) is 4.32. The minimum absolute atomic E-state index is 0.209. The van der Waals surface area contributed by atoms with E-state index in [0.717, 1.165) is 0 Å². The van der Waals surface area contributed by atoms with Crippen molar-refractivity contribution in [2.24, 2.45) is 0 Å². The van der Waals surface area contributed by atoms with Gasteiger partial charge < -0.3 is 10.6 Å². The molecule has 126 valence electrons. The lowest BCUT2D eigenvalue weighted by molar-refractivity contribution is 0.102. The number of thiophene rings is 1. The Balaban J connectivity index is 1.73. The lowest BCUT2D eigenvalue weighted by atomic mass is 10.2. The molecule has 0 unspecified atom stereocenters. The van der Waals surface area contributed by atoms with Crippen molar-refractivity contribution in [2.45, 2.75) is 0 Å². The zero-order valence-corrected chi connectivity index (χ0v) is 15.2. The molecule has 0 aliphatic heterocycles. The highest BCUT2D eigenvalue weighted by Crippen LogP contribution is 2.21. The van der Waals surface area contributed by atoms with Crippen LogP contribution in [-0.2, 0) is 0 Å². The minimum Gasteiger partial charge on any atom is -0.322 e. The fourth-order valence-corrected chi connectivity index (χ4v) is 3.30. The fraction of sp³-hybridized carbons (Fsp3) is 0. The predicted molar refractivity (Wildman–Crippen MR) is 101 cm³/mol. The standard InChI is InChI=1S/C18H12BrFN2O2S/c19-15-9-11(20)6-7-14(15)17(23)21-12-3-1-4-13(10-12)22-18(24)16-5-2-8-25-16/h1-10H,(H,21,23)(H,22,24). The first kappa shape index (κ1) is 17.3. The number of hydrogen-bond donors (Lipinski definition) is 2. The normalized spacial score (nSPS) is 10.3. The van der Waals surface area contributed by atoms with Crippen LogP contribution in [0.5, 0.6) is 0 Å². The van der Waals surface area contributed by atoms with Crippen LogP contribution in [0, 0.1) is 5.82 Å². The molecule has 0 radical (unpaired) electrons. The summed E-state index contributed by atoms with van der Waals surface area (Å²) in [6.45, 7) is 0. The minimum atomic E-state index is -0.429. The fourth-order valence-electron chi connectivity index (χ4n) is 2.15. The number of hydrogen-bond acceptors (Lipinski definition) is 3. The molecule has 3 aromatic rings. The monoisotopic (exact) mass is 418 g/mol. The third-order valence-electron chi connectivity index (χ3n) is 3.30. The topological polar surface area (TPSA) is 58.2 Å². The molecule has 7 heteroatoms. The number of anilines is 2. The molecule has 0 atom stereocenters. The molecular weight excluding hydrogens is 407 g/mol. The molecule has 1 aromatic heterocycles. The summed E-state index contributed by atoms with van der Waals surface area (Å²) < 4.78 is 13.5. The number of carbonyl (C=O) groups excluding carboxylic acids is 2. The van der Waals surface area contributed by atoms with Crippen LogP contribution in [0.4, 0.5) is 15.8 Å². The van der Waals surface area contributed by atoms with Crippen molar-refractivity contribution in [1.29, 1.82) is 0 Å². The highest BCUT2D eigenvalue weighted by molar-refractivity contribution is 9.10. The van der Waals surface area contributed by atoms with Crippen LogP contribution in [-0.4, -0.2) is 11.8 Å². The van der Waals surface area contributed by atoms with E-state index in [-0.39, 0.29) is 11.8 Å². The Bertz CT molecular complexity index is 929. The van der Waals surface area contributed by atoms with Gasteiger partial charge in [-0.3, -0.25) is 9.59 Å². The Morgan fingerprint density at radius 1 is 0.920 bits per heavy atom. The summed E-state index contributed by atoms with van der Waals surface area (Å²) in [6.07, 6.45) is 0. The summed E-state index contributed by atoms with van der Waals surface area (Å²) in [5, 5.41) is 7.33. The average molecular weight is 419 g/mol. The van der Waals surface area contributed by atoms with Crippen LogP contribution in [0.25, 0.3) is 0 Å². The molecule has 0 spiro atoms. The maximum absolute atomic E-state index is 13.1. The Morgan fingerprint density at radius 2 is 1.64 bits per heavy atom. The summed E-state index contributed by atoms with van der Waals surface area (Å²) in [4.78, 5) is 25.0. The molecule has 0 aliphatic rings. The van der Waals surface area contributed by atoms with Gasteiger partial charge in [0.1, 0.15) is 5.82 Å². The number of benzene rings is 2. The number of nitrogens with one attached hydrogen (secondary N) is 2. The average Bonchev–Trinajstić information content (AvgIpc) is 3.09. The van der Waals surface area contributed by atoms with Gasteiger partial charge in [-0.25, -0.2) is 4.39 Å². The van der Waals surface area contributed by atoms with E-state index in [1.165, 1.54) is 29.5 Å². The van der Waals surface area contributed by atoms with Crippen molar-refractivity contribution in [3.8, 4) is 0 Å². The van der Waals surface area contributed by atoms with E-state index in [9.17, 15) is 14.0 Å². The van der Waals surface area contributed by atoms with Gasteiger partial charge in [-0.15, -0.1) is 11.3 Å². The Morgan fingerprint density at radius 3 is 2.28 bits per heavy atom. The summed E-state index contributed by atoms with van der Waals surface area (Å²) in [7, 11) is 0. The van der Waals surface area contributed by atoms with Gasteiger partial charge in [0.15, 0.2) is 0 Å². The molecule has 4 nitrogen and oxygen atoms in total. The van der Waals surface area contributed by atoms with E-state index in [1.807, 2.05) is 5.38 Å². The molecular formula is C18H12BrFN2O2S. The van der Waals surface area contributed by atoms with Gasteiger partial charge in [0.25, 0.3) is 11.8 Å². The van der Waals surface area contributed by atoms with Gasteiger partial charge in [-0.1, -0.05) is 12.1 Å². The predicted octanol–water partition coefficient (Wildman–Crippen LogP) is 5.15. The lowest BCUT2D eigenvalue weighted by Gasteiger charge is -2.09. The molecule has 0 bridgehead atoms. The van der Waals surface area contributed by atoms with Crippen LogP contribution in [0.3, 0.4) is 0 Å². The van der Waals surface area contributed by atoms with Gasteiger partial charge in [-0.2, -0.15) is 0 Å². The second-order valence-corrected chi connectivity index (χ2v) is 6.89. The molecule has 1 heterocycles. The van der Waals surface area contributed by atoms with Crippen LogP contribution in [0.2, 0.25) is 0 Å². The maximum atomic E-state index is 13.1. The zero-order chi connectivity index (χ0) is 17.8. The molecule has 0 saturated heterocycles. The van der Waals surface area contributed by atoms with E-state index < -0.39 is 5.82 Å². The highest BCUT2D eigenvalue weighted by atomic mass is 79.9. The number of amides is 2. The molecule has 0 aliphatic carbocycles. The zero-order valence-electron chi connectivity index (χ0n) is 12.8. The molecule has 2 aromatic carbocycles. The molecule has 0 saturated carbocycles. The first-order chi connectivity index (χ1) is 12.0. The van der Waals surface area contributed by atoms with Gasteiger partial charge in [0.2, 0.25) is 0 Å². The first-order valence-corrected chi connectivity index (χ1v) is 8.91. The maximum Gasteiger partial charge on any atom is 0.265 e. The van der Waals surface area contributed by atoms with E-state index in [2.05, 4.69) is 26.6 Å². The van der Waals surface area contributed by atoms with Crippen LogP contribution >= 0.6 is 27.3 Å². The largest absolute Gasteiger partial charge is 0.322 e. The van der Waals surface area contributed by atoms with Crippen molar-refractivity contribution in [3.63, 3.8) is 0 Å². The summed E-state index contributed by atoms with van der Waals surface area (Å²) in [6, 6.07) is 14.2. The van der Waals surface area contributed by atoms with Crippen molar-refractivity contribution in [1.82, 2.24) is 0 Å². The van der Waals surface area contributed by atoms with Crippen molar-refractivity contribution < 1.29 is 14.0 Å². The summed E-state index contributed by atoms with van der Waals surface area (Å²) >= 11 is 4.52. The Labute approximate surface area is 155 Å². The van der Waals surface area contributed by atoms with Crippen molar-refractivity contribution >= 4 is 50.5 Å². The van der Waals surface area contributed by atoms with Crippen molar-refractivity contribution in [3.05, 3.63) is 80.7 Å². The van der Waals surface area contributed by atoms with Gasteiger partial charge in [-0.05, 0) is 63.8 Å². The van der Waals surface area contributed by atoms with E-state index in [1.54, 1.807) is 36.4 Å². The lowest BCUT2D eigenvalue weighted by Crippen LogP contribution is -2.14. The first-order valence-electron chi connectivity index (χ1n) is 7.24. The second-order valence-electron chi connectivity index (χ2n) is 5.09. The molecule has 0 fully saturated rings. The Hall–Kier alpha value is -2.51. The number of halogens is 2. The molecule has 25 heavy (non-hydrogen) atoms. The quantitative estimate of drug-likeness (QED) is 0.614. The molecule has 2 amide bonds. The smallest absolute Gasteiger partial charge is 0.265 e. The SMILES string of the molecule is O=C(Nc1cccc(NC(=O)c2ccc(F)cc2Br)c1)c1cccs1. The van der Waals surface area contributed by atoms with Crippen molar-refractivity contribution in [2.75, 3.05) is 10.6 Å². The van der Waals surface area contributed by atoms with Gasteiger partial charge in [0, 0.05) is 15.8 Å². The van der Waals surface area contributed by atoms with Gasteiger partial charge >= 0.3 is 0 Å².